The monoisotopic (exact) mass is 258 g/mol. The molecule has 1 aromatic carbocycles. The Bertz CT molecular complexity index is 624. The zero-order valence-corrected chi connectivity index (χ0v) is 11.0. The molecule has 1 heterocycles. The first kappa shape index (κ1) is 13.0. The predicted octanol–water partition coefficient (Wildman–Crippen LogP) is 2.09. The predicted molar refractivity (Wildman–Crippen MR) is 69.8 cm³/mol. The number of aromatic nitrogens is 2. The van der Waals surface area contributed by atoms with E-state index in [1.165, 1.54) is 18.0 Å². The normalized spacial score (nSPS) is 10.3. The second-order valence-corrected chi connectivity index (χ2v) is 4.33. The Morgan fingerprint density at radius 2 is 1.89 bits per heavy atom. The quantitative estimate of drug-likeness (QED) is 0.624. The fourth-order valence-electron chi connectivity index (χ4n) is 1.94. The van der Waals surface area contributed by atoms with Gasteiger partial charge in [-0.1, -0.05) is 6.07 Å². The van der Waals surface area contributed by atoms with Crippen molar-refractivity contribution in [2.24, 2.45) is 0 Å². The Morgan fingerprint density at radius 3 is 2.42 bits per heavy atom. The second kappa shape index (κ2) is 5.06. The molecule has 0 spiro atoms. The second-order valence-electron chi connectivity index (χ2n) is 4.33. The standard InChI is InChI=1S/C14H14N2O3/c1-9-4-10(2)6-12(5-9)16-7-11(8-17)13(15-16)14(18)19-3/h4-8H,1-3H3. The summed E-state index contributed by atoms with van der Waals surface area (Å²) in [7, 11) is 1.26. The number of rotatable bonds is 3. The Kier molecular flexibility index (Phi) is 3.46. The minimum atomic E-state index is -0.620. The van der Waals surface area contributed by atoms with E-state index >= 15 is 0 Å². The van der Waals surface area contributed by atoms with Crippen LogP contribution in [0.2, 0.25) is 0 Å². The molecule has 0 bridgehead atoms. The first-order chi connectivity index (χ1) is 9.05. The van der Waals surface area contributed by atoms with Gasteiger partial charge >= 0.3 is 5.97 Å². The summed E-state index contributed by atoms with van der Waals surface area (Å²) in [6.45, 7) is 3.95. The highest BCUT2D eigenvalue weighted by Gasteiger charge is 2.17. The molecule has 0 unspecified atom stereocenters. The molecule has 0 aliphatic rings. The molecular weight excluding hydrogens is 244 g/mol. The summed E-state index contributed by atoms with van der Waals surface area (Å²) in [5.41, 5.74) is 3.20. The summed E-state index contributed by atoms with van der Waals surface area (Å²) in [6.07, 6.45) is 2.12. The average molecular weight is 258 g/mol. The van der Waals surface area contributed by atoms with Crippen LogP contribution in [0.3, 0.4) is 0 Å². The number of esters is 1. The van der Waals surface area contributed by atoms with E-state index in [1.807, 2.05) is 32.0 Å². The molecule has 0 atom stereocenters. The Labute approximate surface area is 110 Å². The zero-order valence-electron chi connectivity index (χ0n) is 11.0. The smallest absolute Gasteiger partial charge is 0.359 e. The van der Waals surface area contributed by atoms with Gasteiger partial charge in [0.25, 0.3) is 0 Å². The highest BCUT2D eigenvalue weighted by molar-refractivity contribution is 5.96. The molecule has 0 aliphatic heterocycles. The molecule has 2 rings (SSSR count). The maximum absolute atomic E-state index is 11.5. The molecule has 0 amide bonds. The average Bonchev–Trinajstić information content (AvgIpc) is 2.80. The number of benzene rings is 1. The number of hydrogen-bond acceptors (Lipinski definition) is 4. The molecule has 5 heteroatoms. The third-order valence-electron chi connectivity index (χ3n) is 2.72. The third-order valence-corrected chi connectivity index (χ3v) is 2.72. The zero-order chi connectivity index (χ0) is 14.0. The lowest BCUT2D eigenvalue weighted by atomic mass is 10.1. The van der Waals surface area contributed by atoms with Crippen LogP contribution < -0.4 is 0 Å². The van der Waals surface area contributed by atoms with E-state index in [0.717, 1.165) is 16.8 Å². The SMILES string of the molecule is COC(=O)c1nn(-c2cc(C)cc(C)c2)cc1C=O. The minimum absolute atomic E-state index is 0.0247. The topological polar surface area (TPSA) is 61.2 Å². The first-order valence-corrected chi connectivity index (χ1v) is 5.77. The molecule has 5 nitrogen and oxygen atoms in total. The molecule has 0 saturated carbocycles. The van der Waals surface area contributed by atoms with E-state index in [4.69, 9.17) is 0 Å². The highest BCUT2D eigenvalue weighted by atomic mass is 16.5. The Balaban J connectivity index is 2.54. The van der Waals surface area contributed by atoms with Gasteiger partial charge in [-0.15, -0.1) is 0 Å². The molecule has 0 saturated heterocycles. The van der Waals surface area contributed by atoms with Gasteiger partial charge in [0.2, 0.25) is 0 Å². The number of methoxy groups -OCH3 is 1. The van der Waals surface area contributed by atoms with Crippen molar-refractivity contribution in [3.63, 3.8) is 0 Å². The van der Waals surface area contributed by atoms with E-state index in [1.54, 1.807) is 0 Å². The Hall–Kier alpha value is -2.43. The summed E-state index contributed by atoms with van der Waals surface area (Å²) in [6, 6.07) is 5.89. The summed E-state index contributed by atoms with van der Waals surface area (Å²) < 4.78 is 6.11. The molecule has 1 aromatic heterocycles. The maximum atomic E-state index is 11.5. The fourth-order valence-corrected chi connectivity index (χ4v) is 1.94. The van der Waals surface area contributed by atoms with Gasteiger partial charge in [-0.3, -0.25) is 4.79 Å². The van der Waals surface area contributed by atoms with E-state index in [-0.39, 0.29) is 11.3 Å². The van der Waals surface area contributed by atoms with Gasteiger partial charge in [0, 0.05) is 6.20 Å². The van der Waals surface area contributed by atoms with E-state index in [2.05, 4.69) is 9.84 Å². The lowest BCUT2D eigenvalue weighted by Crippen LogP contribution is -2.06. The van der Waals surface area contributed by atoms with Crippen molar-refractivity contribution >= 4 is 12.3 Å². The number of ether oxygens (including phenoxy) is 1. The molecule has 0 fully saturated rings. The fraction of sp³-hybridized carbons (Fsp3) is 0.214. The number of hydrogen-bond donors (Lipinski definition) is 0. The van der Waals surface area contributed by atoms with Crippen LogP contribution in [0.15, 0.2) is 24.4 Å². The van der Waals surface area contributed by atoms with Crippen molar-refractivity contribution in [1.82, 2.24) is 9.78 Å². The lowest BCUT2D eigenvalue weighted by molar-refractivity contribution is 0.0591. The van der Waals surface area contributed by atoms with E-state index < -0.39 is 5.97 Å². The van der Waals surface area contributed by atoms with Gasteiger partial charge in [0.1, 0.15) is 0 Å². The van der Waals surface area contributed by atoms with Crippen molar-refractivity contribution in [2.75, 3.05) is 7.11 Å². The molecule has 0 N–H and O–H groups in total. The Morgan fingerprint density at radius 1 is 1.26 bits per heavy atom. The summed E-state index contributed by atoms with van der Waals surface area (Å²) in [5, 5.41) is 4.12. The van der Waals surface area contributed by atoms with Crippen LogP contribution in [-0.2, 0) is 4.74 Å². The van der Waals surface area contributed by atoms with Crippen LogP contribution in [0.1, 0.15) is 32.0 Å². The van der Waals surface area contributed by atoms with Crippen LogP contribution in [0.5, 0.6) is 0 Å². The molecule has 98 valence electrons. The van der Waals surface area contributed by atoms with Crippen molar-refractivity contribution in [1.29, 1.82) is 0 Å². The largest absolute Gasteiger partial charge is 0.464 e. The molecular formula is C14H14N2O3. The van der Waals surface area contributed by atoms with Crippen molar-refractivity contribution in [3.8, 4) is 5.69 Å². The molecule has 0 aliphatic carbocycles. The summed E-state index contributed by atoms with van der Waals surface area (Å²) in [4.78, 5) is 22.5. The number of carbonyl (C=O) groups excluding carboxylic acids is 2. The van der Waals surface area contributed by atoms with E-state index in [9.17, 15) is 9.59 Å². The first-order valence-electron chi connectivity index (χ1n) is 5.77. The van der Waals surface area contributed by atoms with Gasteiger partial charge < -0.3 is 4.74 Å². The summed E-state index contributed by atoms with van der Waals surface area (Å²) >= 11 is 0. The van der Waals surface area contributed by atoms with Crippen LogP contribution in [0.25, 0.3) is 5.69 Å². The highest BCUT2D eigenvalue weighted by Crippen LogP contribution is 2.15. The van der Waals surface area contributed by atoms with Crippen LogP contribution in [0, 0.1) is 13.8 Å². The number of nitrogens with zero attached hydrogens (tertiary/aromatic N) is 2. The third kappa shape index (κ3) is 2.54. The minimum Gasteiger partial charge on any atom is -0.464 e. The molecule has 0 radical (unpaired) electrons. The number of aldehydes is 1. The number of carbonyl (C=O) groups is 2. The van der Waals surface area contributed by atoms with Gasteiger partial charge in [0.05, 0.1) is 18.4 Å². The van der Waals surface area contributed by atoms with E-state index in [0.29, 0.717) is 6.29 Å². The van der Waals surface area contributed by atoms with Crippen molar-refractivity contribution in [3.05, 3.63) is 46.8 Å². The molecule has 19 heavy (non-hydrogen) atoms. The summed E-state index contributed by atoms with van der Waals surface area (Å²) in [5.74, 6) is -0.620. The van der Waals surface area contributed by atoms with Crippen LogP contribution in [-0.4, -0.2) is 29.1 Å². The number of aryl methyl sites for hydroxylation is 2. The maximum Gasteiger partial charge on any atom is 0.359 e. The van der Waals surface area contributed by atoms with Gasteiger partial charge in [-0.2, -0.15) is 5.10 Å². The van der Waals surface area contributed by atoms with Crippen LogP contribution in [0.4, 0.5) is 0 Å². The van der Waals surface area contributed by atoms with Gasteiger partial charge in [0.15, 0.2) is 12.0 Å². The van der Waals surface area contributed by atoms with Crippen molar-refractivity contribution in [2.45, 2.75) is 13.8 Å². The van der Waals surface area contributed by atoms with Crippen molar-refractivity contribution < 1.29 is 14.3 Å². The van der Waals surface area contributed by atoms with Crippen LogP contribution >= 0.6 is 0 Å². The molecule has 2 aromatic rings. The van der Waals surface area contributed by atoms with Gasteiger partial charge in [-0.05, 0) is 37.1 Å². The van der Waals surface area contributed by atoms with Gasteiger partial charge in [-0.25, -0.2) is 9.48 Å². The lowest BCUT2D eigenvalue weighted by Gasteiger charge is -2.04.